The zero-order valence-corrected chi connectivity index (χ0v) is 13.5. The molecular weight excluding hydrogens is 266 g/mol. The van der Waals surface area contributed by atoms with Crippen molar-refractivity contribution in [3.63, 3.8) is 0 Å². The van der Waals surface area contributed by atoms with E-state index in [0.29, 0.717) is 18.5 Å². The lowest BCUT2D eigenvalue weighted by Crippen LogP contribution is -2.42. The maximum Gasteiger partial charge on any atom is 0.269 e. The summed E-state index contributed by atoms with van der Waals surface area (Å²) in [7, 11) is 4.22. The van der Waals surface area contributed by atoms with Gasteiger partial charge in [0.1, 0.15) is 0 Å². The smallest absolute Gasteiger partial charge is 0.269 e. The highest BCUT2D eigenvalue weighted by Gasteiger charge is 2.20. The minimum Gasteiger partial charge on any atom is -0.311 e. The summed E-state index contributed by atoms with van der Waals surface area (Å²) >= 11 is 0. The van der Waals surface area contributed by atoms with Crippen LogP contribution in [-0.4, -0.2) is 36.5 Å². The van der Waals surface area contributed by atoms with Crippen molar-refractivity contribution >= 4 is 5.69 Å². The van der Waals surface area contributed by atoms with Crippen LogP contribution in [0, 0.1) is 16.0 Å². The zero-order valence-electron chi connectivity index (χ0n) is 13.5. The first-order valence-electron chi connectivity index (χ1n) is 7.60. The molecule has 0 aromatic heterocycles. The van der Waals surface area contributed by atoms with Gasteiger partial charge in [-0.2, -0.15) is 0 Å². The zero-order chi connectivity index (χ0) is 15.8. The molecule has 0 aliphatic rings. The number of nitro groups is 1. The fraction of sp³-hybridized carbons (Fsp3) is 0.625. The standard InChI is InChI=1S/C16H27N3O2/c1-5-14(6-2)16(18(3)4)12-17-11-13-8-7-9-15(10-13)19(20)21/h7-10,14,16-17H,5-6,11-12H2,1-4H3. The van der Waals surface area contributed by atoms with E-state index in [9.17, 15) is 10.1 Å². The van der Waals surface area contributed by atoms with E-state index in [1.54, 1.807) is 12.1 Å². The quantitative estimate of drug-likeness (QED) is 0.561. The van der Waals surface area contributed by atoms with Crippen molar-refractivity contribution in [2.45, 2.75) is 39.3 Å². The number of benzene rings is 1. The lowest BCUT2D eigenvalue weighted by atomic mass is 9.93. The van der Waals surface area contributed by atoms with Gasteiger partial charge in [0.2, 0.25) is 0 Å². The minimum atomic E-state index is -0.351. The van der Waals surface area contributed by atoms with Crippen LogP contribution in [0.4, 0.5) is 5.69 Å². The third-order valence-corrected chi connectivity index (χ3v) is 4.06. The van der Waals surface area contributed by atoms with Gasteiger partial charge in [0.05, 0.1) is 4.92 Å². The molecule has 1 N–H and O–H groups in total. The molecule has 1 atom stereocenters. The van der Waals surface area contributed by atoms with Crippen LogP contribution in [-0.2, 0) is 6.54 Å². The van der Waals surface area contributed by atoms with Crippen LogP contribution in [0.15, 0.2) is 24.3 Å². The van der Waals surface area contributed by atoms with Crippen LogP contribution in [0.25, 0.3) is 0 Å². The van der Waals surface area contributed by atoms with Crippen LogP contribution in [0.5, 0.6) is 0 Å². The molecule has 0 saturated carbocycles. The van der Waals surface area contributed by atoms with E-state index in [4.69, 9.17) is 0 Å². The molecule has 0 amide bonds. The summed E-state index contributed by atoms with van der Waals surface area (Å²) in [6.07, 6.45) is 2.33. The number of nitrogens with one attached hydrogen (secondary N) is 1. The summed E-state index contributed by atoms with van der Waals surface area (Å²) in [5, 5.41) is 14.2. The van der Waals surface area contributed by atoms with Gasteiger partial charge < -0.3 is 10.2 Å². The fourth-order valence-corrected chi connectivity index (χ4v) is 2.75. The topological polar surface area (TPSA) is 58.4 Å². The Balaban J connectivity index is 2.58. The average molecular weight is 293 g/mol. The molecule has 5 heteroatoms. The van der Waals surface area contributed by atoms with E-state index in [0.717, 1.165) is 24.9 Å². The van der Waals surface area contributed by atoms with Crippen molar-refractivity contribution in [1.82, 2.24) is 10.2 Å². The maximum absolute atomic E-state index is 10.8. The highest BCUT2D eigenvalue weighted by atomic mass is 16.6. The number of hydrogen-bond donors (Lipinski definition) is 1. The Labute approximate surface area is 127 Å². The van der Waals surface area contributed by atoms with Crippen molar-refractivity contribution in [3.05, 3.63) is 39.9 Å². The number of nitrogens with zero attached hydrogens (tertiary/aromatic N) is 2. The van der Waals surface area contributed by atoms with Crippen LogP contribution in [0.1, 0.15) is 32.3 Å². The second kappa shape index (κ2) is 8.74. The second-order valence-corrected chi connectivity index (χ2v) is 5.67. The molecule has 1 rings (SSSR count). The summed E-state index contributed by atoms with van der Waals surface area (Å²) in [6, 6.07) is 7.30. The van der Waals surface area contributed by atoms with Gasteiger partial charge in [-0.15, -0.1) is 0 Å². The Morgan fingerprint density at radius 2 is 1.95 bits per heavy atom. The van der Waals surface area contributed by atoms with Gasteiger partial charge >= 0.3 is 0 Å². The van der Waals surface area contributed by atoms with E-state index in [2.05, 4.69) is 38.2 Å². The van der Waals surface area contributed by atoms with Crippen LogP contribution >= 0.6 is 0 Å². The van der Waals surface area contributed by atoms with E-state index < -0.39 is 0 Å². The number of likely N-dealkylation sites (N-methyl/N-ethyl adjacent to an activating group) is 1. The van der Waals surface area contributed by atoms with Crippen LogP contribution in [0.2, 0.25) is 0 Å². The molecule has 5 nitrogen and oxygen atoms in total. The number of nitro benzene ring substituents is 1. The highest BCUT2D eigenvalue weighted by molar-refractivity contribution is 5.34. The maximum atomic E-state index is 10.8. The normalized spacial score (nSPS) is 12.9. The summed E-state index contributed by atoms with van der Waals surface area (Å²) in [5.41, 5.74) is 1.10. The molecule has 0 bridgehead atoms. The van der Waals surface area contributed by atoms with Gasteiger partial charge in [0.25, 0.3) is 5.69 Å². The van der Waals surface area contributed by atoms with E-state index in [1.807, 2.05) is 6.07 Å². The Bertz CT molecular complexity index is 445. The second-order valence-electron chi connectivity index (χ2n) is 5.67. The molecule has 0 saturated heterocycles. The van der Waals surface area contributed by atoms with Gasteiger partial charge in [-0.25, -0.2) is 0 Å². The predicted octanol–water partition coefficient (Wildman–Crippen LogP) is 3.05. The third-order valence-electron chi connectivity index (χ3n) is 4.06. The summed E-state index contributed by atoms with van der Waals surface area (Å²) in [6.45, 7) is 6.00. The van der Waals surface area contributed by atoms with E-state index in [1.165, 1.54) is 6.07 Å². The molecular formula is C16H27N3O2. The molecule has 0 fully saturated rings. The third kappa shape index (κ3) is 5.44. The summed E-state index contributed by atoms with van der Waals surface area (Å²) in [5.74, 6) is 0.664. The van der Waals surface area contributed by atoms with Gasteiger partial charge in [-0.3, -0.25) is 10.1 Å². The molecule has 0 heterocycles. The Morgan fingerprint density at radius 1 is 1.29 bits per heavy atom. The first-order chi connectivity index (χ1) is 9.99. The van der Waals surface area contributed by atoms with E-state index >= 15 is 0 Å². The van der Waals surface area contributed by atoms with Gasteiger partial charge in [0.15, 0.2) is 0 Å². The Morgan fingerprint density at radius 3 is 2.48 bits per heavy atom. The molecule has 1 unspecified atom stereocenters. The molecule has 21 heavy (non-hydrogen) atoms. The number of hydrogen-bond acceptors (Lipinski definition) is 4. The molecule has 0 aliphatic heterocycles. The highest BCUT2D eigenvalue weighted by Crippen LogP contribution is 2.17. The fourth-order valence-electron chi connectivity index (χ4n) is 2.75. The molecule has 118 valence electrons. The van der Waals surface area contributed by atoms with Crippen molar-refractivity contribution < 1.29 is 4.92 Å². The number of non-ortho nitro benzene ring substituents is 1. The average Bonchev–Trinajstić information content (AvgIpc) is 2.46. The monoisotopic (exact) mass is 293 g/mol. The molecule has 0 spiro atoms. The molecule has 0 aliphatic carbocycles. The lowest BCUT2D eigenvalue weighted by Gasteiger charge is -2.31. The first kappa shape index (κ1) is 17.6. The van der Waals surface area contributed by atoms with Crippen molar-refractivity contribution in [2.24, 2.45) is 5.92 Å². The first-order valence-corrected chi connectivity index (χ1v) is 7.60. The summed E-state index contributed by atoms with van der Waals surface area (Å²) < 4.78 is 0. The lowest BCUT2D eigenvalue weighted by molar-refractivity contribution is -0.384. The van der Waals surface area contributed by atoms with E-state index in [-0.39, 0.29) is 10.6 Å². The van der Waals surface area contributed by atoms with Crippen LogP contribution < -0.4 is 5.32 Å². The van der Waals surface area contributed by atoms with Crippen molar-refractivity contribution in [3.8, 4) is 0 Å². The molecule has 1 aromatic carbocycles. The van der Waals surface area contributed by atoms with Crippen LogP contribution in [0.3, 0.4) is 0 Å². The number of rotatable bonds is 9. The van der Waals surface area contributed by atoms with Crippen molar-refractivity contribution in [2.75, 3.05) is 20.6 Å². The SMILES string of the molecule is CCC(CC)C(CNCc1cccc([N+](=O)[O-])c1)N(C)C. The minimum absolute atomic E-state index is 0.151. The molecule has 0 radical (unpaired) electrons. The Kier molecular flexibility index (Phi) is 7.32. The van der Waals surface area contributed by atoms with Gasteiger partial charge in [-0.1, -0.05) is 38.8 Å². The summed E-state index contributed by atoms with van der Waals surface area (Å²) in [4.78, 5) is 12.7. The largest absolute Gasteiger partial charge is 0.311 e. The van der Waals surface area contributed by atoms with Gasteiger partial charge in [-0.05, 0) is 25.6 Å². The predicted molar refractivity (Wildman–Crippen MR) is 86.4 cm³/mol. The molecule has 1 aromatic rings. The van der Waals surface area contributed by atoms with Crippen molar-refractivity contribution in [1.29, 1.82) is 0 Å². The Hall–Kier alpha value is -1.46. The van der Waals surface area contributed by atoms with Gasteiger partial charge in [0, 0.05) is 31.3 Å².